The van der Waals surface area contributed by atoms with E-state index < -0.39 is 11.5 Å². The zero-order valence-electron chi connectivity index (χ0n) is 11.1. The Morgan fingerprint density at radius 1 is 1.15 bits per heavy atom. The Bertz CT molecular complexity index is 679. The van der Waals surface area contributed by atoms with Crippen molar-refractivity contribution < 1.29 is 14.3 Å². The number of carbonyl (C=O) groups is 1. The molecule has 6 nitrogen and oxygen atoms in total. The van der Waals surface area contributed by atoms with E-state index in [-0.39, 0.29) is 5.56 Å². The van der Waals surface area contributed by atoms with Gasteiger partial charge in [-0.3, -0.25) is 9.59 Å². The number of pyridine rings is 1. The summed E-state index contributed by atoms with van der Waals surface area (Å²) < 4.78 is 10.3. The third-order valence-electron chi connectivity index (χ3n) is 2.70. The van der Waals surface area contributed by atoms with Gasteiger partial charge in [0.15, 0.2) is 11.5 Å². The quantitative estimate of drug-likeness (QED) is 0.888. The molecule has 0 aliphatic rings. The molecule has 6 heteroatoms. The Morgan fingerprint density at radius 2 is 1.90 bits per heavy atom. The van der Waals surface area contributed by atoms with Crippen molar-refractivity contribution in [3.8, 4) is 11.5 Å². The molecule has 2 rings (SSSR count). The minimum absolute atomic E-state index is 0.0438. The number of amides is 1. The van der Waals surface area contributed by atoms with Crippen molar-refractivity contribution in [3.63, 3.8) is 0 Å². The lowest BCUT2D eigenvalue weighted by atomic mass is 10.2. The van der Waals surface area contributed by atoms with Crippen LogP contribution in [0.15, 0.2) is 41.3 Å². The lowest BCUT2D eigenvalue weighted by Gasteiger charge is -2.10. The maximum absolute atomic E-state index is 12.0. The van der Waals surface area contributed by atoms with Crippen LogP contribution in [0.2, 0.25) is 0 Å². The minimum Gasteiger partial charge on any atom is -0.493 e. The third kappa shape index (κ3) is 2.80. The number of aromatic nitrogens is 1. The fourth-order valence-electron chi connectivity index (χ4n) is 1.71. The lowest BCUT2D eigenvalue weighted by molar-refractivity contribution is 0.102. The summed E-state index contributed by atoms with van der Waals surface area (Å²) in [6, 6.07) is 7.99. The molecule has 20 heavy (non-hydrogen) atoms. The van der Waals surface area contributed by atoms with E-state index in [0.717, 1.165) is 0 Å². The molecule has 0 bridgehead atoms. The van der Waals surface area contributed by atoms with E-state index in [4.69, 9.17) is 9.47 Å². The van der Waals surface area contributed by atoms with E-state index in [1.165, 1.54) is 26.5 Å². The van der Waals surface area contributed by atoms with Gasteiger partial charge in [-0.1, -0.05) is 0 Å². The van der Waals surface area contributed by atoms with Crippen molar-refractivity contribution in [1.29, 1.82) is 0 Å². The van der Waals surface area contributed by atoms with Gasteiger partial charge in [0.25, 0.3) is 11.5 Å². The number of methoxy groups -OCH3 is 2. The van der Waals surface area contributed by atoms with Crippen LogP contribution >= 0.6 is 0 Å². The number of anilines is 1. The second kappa shape index (κ2) is 5.92. The van der Waals surface area contributed by atoms with Crippen LogP contribution in [0, 0.1) is 0 Å². The molecule has 0 atom stereocenters. The Morgan fingerprint density at radius 3 is 2.55 bits per heavy atom. The fraction of sp³-hybridized carbons (Fsp3) is 0.143. The van der Waals surface area contributed by atoms with Gasteiger partial charge in [0.1, 0.15) is 5.56 Å². The van der Waals surface area contributed by atoms with E-state index in [1.54, 1.807) is 24.3 Å². The minimum atomic E-state index is -0.487. The van der Waals surface area contributed by atoms with Crippen LogP contribution in [0.1, 0.15) is 10.4 Å². The Balaban J connectivity index is 2.24. The average Bonchev–Trinajstić information content (AvgIpc) is 2.47. The van der Waals surface area contributed by atoms with Crippen LogP contribution in [0.25, 0.3) is 0 Å². The fourth-order valence-corrected chi connectivity index (χ4v) is 1.71. The molecule has 1 aromatic heterocycles. The van der Waals surface area contributed by atoms with Crippen LogP contribution in [-0.2, 0) is 0 Å². The molecule has 2 aromatic rings. The summed E-state index contributed by atoms with van der Waals surface area (Å²) in [6.45, 7) is 0. The van der Waals surface area contributed by atoms with Gasteiger partial charge in [0, 0.05) is 18.0 Å². The number of nitrogens with one attached hydrogen (secondary N) is 2. The number of hydrogen-bond acceptors (Lipinski definition) is 4. The number of aromatic amines is 1. The number of carbonyl (C=O) groups excluding carboxylic acids is 1. The van der Waals surface area contributed by atoms with Crippen LogP contribution < -0.4 is 20.3 Å². The second-order valence-electron chi connectivity index (χ2n) is 3.94. The highest BCUT2D eigenvalue weighted by Crippen LogP contribution is 2.29. The first kappa shape index (κ1) is 13.7. The molecular weight excluding hydrogens is 260 g/mol. The predicted octanol–water partition coefficient (Wildman–Crippen LogP) is 1.64. The molecule has 0 aliphatic heterocycles. The van der Waals surface area contributed by atoms with Gasteiger partial charge < -0.3 is 19.8 Å². The van der Waals surface area contributed by atoms with Crippen molar-refractivity contribution >= 4 is 11.6 Å². The molecule has 0 radical (unpaired) electrons. The number of H-pyrrole nitrogens is 1. The van der Waals surface area contributed by atoms with Crippen molar-refractivity contribution in [2.24, 2.45) is 0 Å². The van der Waals surface area contributed by atoms with Gasteiger partial charge in [-0.25, -0.2) is 0 Å². The lowest BCUT2D eigenvalue weighted by Crippen LogP contribution is -2.22. The molecule has 104 valence electrons. The van der Waals surface area contributed by atoms with E-state index in [1.807, 2.05) is 0 Å². The molecular formula is C14H14N2O4. The van der Waals surface area contributed by atoms with Gasteiger partial charge in [-0.05, 0) is 24.3 Å². The zero-order valence-corrected chi connectivity index (χ0v) is 11.1. The summed E-state index contributed by atoms with van der Waals surface area (Å²) >= 11 is 0. The molecule has 0 fully saturated rings. The molecule has 1 amide bonds. The smallest absolute Gasteiger partial charge is 0.261 e. The normalized spacial score (nSPS) is 9.90. The van der Waals surface area contributed by atoms with Crippen molar-refractivity contribution in [2.75, 3.05) is 19.5 Å². The second-order valence-corrected chi connectivity index (χ2v) is 3.94. The predicted molar refractivity (Wildman–Crippen MR) is 74.6 cm³/mol. The highest BCUT2D eigenvalue weighted by molar-refractivity contribution is 6.04. The van der Waals surface area contributed by atoms with Gasteiger partial charge in [0.05, 0.1) is 14.2 Å². The van der Waals surface area contributed by atoms with Crippen molar-refractivity contribution in [1.82, 2.24) is 4.98 Å². The first-order valence-corrected chi connectivity index (χ1v) is 5.87. The van der Waals surface area contributed by atoms with Crippen molar-refractivity contribution in [3.05, 3.63) is 52.4 Å². The van der Waals surface area contributed by atoms with Crippen LogP contribution in [-0.4, -0.2) is 25.1 Å². The molecule has 1 heterocycles. The van der Waals surface area contributed by atoms with Crippen LogP contribution in [0.5, 0.6) is 11.5 Å². The Kier molecular flexibility index (Phi) is 4.05. The maximum Gasteiger partial charge on any atom is 0.261 e. The molecule has 0 saturated carbocycles. The Labute approximate surface area is 115 Å². The highest BCUT2D eigenvalue weighted by Gasteiger charge is 2.11. The number of benzene rings is 1. The van der Waals surface area contributed by atoms with Gasteiger partial charge >= 0.3 is 0 Å². The summed E-state index contributed by atoms with van der Waals surface area (Å²) in [4.78, 5) is 25.9. The van der Waals surface area contributed by atoms with E-state index in [2.05, 4.69) is 10.3 Å². The number of hydrogen-bond donors (Lipinski definition) is 2. The molecule has 1 aromatic carbocycles. The molecule has 0 unspecified atom stereocenters. The molecule has 0 aliphatic carbocycles. The van der Waals surface area contributed by atoms with E-state index >= 15 is 0 Å². The number of rotatable bonds is 4. The molecule has 0 spiro atoms. The van der Waals surface area contributed by atoms with E-state index in [0.29, 0.717) is 17.2 Å². The molecule has 0 saturated heterocycles. The largest absolute Gasteiger partial charge is 0.493 e. The summed E-state index contributed by atoms with van der Waals surface area (Å²) in [5.74, 6) is 0.564. The SMILES string of the molecule is COc1ccc(NC(=O)c2ccc[nH]c2=O)cc1OC. The monoisotopic (exact) mass is 274 g/mol. The maximum atomic E-state index is 12.0. The summed E-state index contributed by atoms with van der Waals surface area (Å²) in [7, 11) is 3.03. The van der Waals surface area contributed by atoms with Gasteiger partial charge in [-0.2, -0.15) is 0 Å². The zero-order chi connectivity index (χ0) is 14.5. The number of ether oxygens (including phenoxy) is 2. The van der Waals surface area contributed by atoms with Crippen molar-refractivity contribution in [2.45, 2.75) is 0 Å². The van der Waals surface area contributed by atoms with Gasteiger partial charge in [0.2, 0.25) is 0 Å². The van der Waals surface area contributed by atoms with Crippen LogP contribution in [0.4, 0.5) is 5.69 Å². The first-order chi connectivity index (χ1) is 9.65. The topological polar surface area (TPSA) is 80.4 Å². The van der Waals surface area contributed by atoms with Crippen LogP contribution in [0.3, 0.4) is 0 Å². The average molecular weight is 274 g/mol. The third-order valence-corrected chi connectivity index (χ3v) is 2.70. The standard InChI is InChI=1S/C14H14N2O4/c1-19-11-6-5-9(8-12(11)20-2)16-14(18)10-4-3-7-15-13(10)17/h3-8H,1-2H3,(H,15,17)(H,16,18). The summed E-state index contributed by atoms with van der Waals surface area (Å²) in [6.07, 6.45) is 1.47. The highest BCUT2D eigenvalue weighted by atomic mass is 16.5. The summed E-state index contributed by atoms with van der Waals surface area (Å²) in [5, 5.41) is 2.63. The van der Waals surface area contributed by atoms with E-state index in [9.17, 15) is 9.59 Å². The first-order valence-electron chi connectivity index (χ1n) is 5.87. The van der Waals surface area contributed by atoms with Gasteiger partial charge in [-0.15, -0.1) is 0 Å². The summed E-state index contributed by atoms with van der Waals surface area (Å²) in [5.41, 5.74) is 0.115. The Hall–Kier alpha value is -2.76. The molecule has 2 N–H and O–H groups in total.